The molecule has 0 spiro atoms. The molecule has 1 amide bonds. The Hall–Kier alpha value is -1.86. The van der Waals surface area contributed by atoms with Crippen LogP contribution < -0.4 is 5.32 Å². The molecule has 0 unspecified atom stereocenters. The fourth-order valence-electron chi connectivity index (χ4n) is 2.09. The smallest absolute Gasteiger partial charge is 0.339 e. The van der Waals surface area contributed by atoms with Crippen LogP contribution >= 0.6 is 23.1 Å². The normalized spacial score (nSPS) is 13.5. The fraction of sp³-hybridized carbons (Fsp3) is 0.353. The van der Waals surface area contributed by atoms with Gasteiger partial charge in [0.2, 0.25) is 0 Å². The van der Waals surface area contributed by atoms with E-state index in [0.29, 0.717) is 11.3 Å². The van der Waals surface area contributed by atoms with Crippen LogP contribution in [0.5, 0.6) is 0 Å². The van der Waals surface area contributed by atoms with E-state index in [4.69, 9.17) is 4.74 Å². The highest BCUT2D eigenvalue weighted by Gasteiger charge is 2.24. The van der Waals surface area contributed by atoms with E-state index in [9.17, 15) is 9.59 Å². The molecule has 1 aliphatic rings. The third-order valence-corrected chi connectivity index (χ3v) is 5.36. The van der Waals surface area contributed by atoms with Crippen LogP contribution in [0, 0.1) is 6.92 Å². The van der Waals surface area contributed by atoms with Gasteiger partial charge >= 0.3 is 5.97 Å². The molecule has 3 rings (SSSR count). The number of aryl methyl sites for hydroxylation is 1. The summed E-state index contributed by atoms with van der Waals surface area (Å²) in [5.74, 6) is -0.0241. The number of nitrogens with one attached hydrogen (secondary N) is 1. The third kappa shape index (κ3) is 4.82. The number of benzene rings is 1. The Morgan fingerprint density at radius 1 is 1.38 bits per heavy atom. The summed E-state index contributed by atoms with van der Waals surface area (Å²) in [6.45, 7) is 1.73. The molecule has 126 valence electrons. The molecule has 1 aromatic heterocycles. The molecule has 0 bridgehead atoms. The molecule has 2 aromatic rings. The average Bonchev–Trinajstić information content (AvgIpc) is 3.29. The quantitative estimate of drug-likeness (QED) is 0.605. The molecule has 1 fully saturated rings. The number of thiazole rings is 1. The van der Waals surface area contributed by atoms with Gasteiger partial charge in [-0.05, 0) is 31.9 Å². The Morgan fingerprint density at radius 2 is 2.17 bits per heavy atom. The first-order valence-corrected chi connectivity index (χ1v) is 9.57. The van der Waals surface area contributed by atoms with Crippen molar-refractivity contribution in [1.29, 1.82) is 0 Å². The SMILES string of the molecule is Cc1nc(CSc2ccccc2C(=O)OCC(=O)NC2CC2)cs1. The predicted octanol–water partition coefficient (Wildman–Crippen LogP) is 3.18. The van der Waals surface area contributed by atoms with Gasteiger partial charge in [-0.1, -0.05) is 12.1 Å². The molecule has 1 aromatic carbocycles. The van der Waals surface area contributed by atoms with Gasteiger partial charge in [0.05, 0.1) is 16.3 Å². The summed E-state index contributed by atoms with van der Waals surface area (Å²) < 4.78 is 5.14. The second-order valence-electron chi connectivity index (χ2n) is 5.56. The largest absolute Gasteiger partial charge is 0.452 e. The molecule has 1 heterocycles. The minimum absolute atomic E-state index is 0.236. The van der Waals surface area contributed by atoms with E-state index in [2.05, 4.69) is 10.3 Å². The van der Waals surface area contributed by atoms with Gasteiger partial charge in [-0.3, -0.25) is 4.79 Å². The van der Waals surface area contributed by atoms with E-state index in [1.807, 2.05) is 24.4 Å². The van der Waals surface area contributed by atoms with Crippen molar-refractivity contribution in [1.82, 2.24) is 10.3 Å². The highest BCUT2D eigenvalue weighted by atomic mass is 32.2. The van der Waals surface area contributed by atoms with E-state index in [1.54, 1.807) is 23.5 Å². The molecule has 5 nitrogen and oxygen atoms in total. The van der Waals surface area contributed by atoms with Gasteiger partial charge in [-0.2, -0.15) is 0 Å². The van der Waals surface area contributed by atoms with E-state index >= 15 is 0 Å². The Kier molecular flexibility index (Phi) is 5.52. The lowest BCUT2D eigenvalue weighted by Gasteiger charge is -2.09. The van der Waals surface area contributed by atoms with Crippen molar-refractivity contribution < 1.29 is 14.3 Å². The molecule has 0 saturated heterocycles. The number of rotatable bonds is 7. The van der Waals surface area contributed by atoms with Crippen molar-refractivity contribution >= 4 is 35.0 Å². The highest BCUT2D eigenvalue weighted by molar-refractivity contribution is 7.98. The second-order valence-corrected chi connectivity index (χ2v) is 7.64. The Bertz CT molecular complexity index is 741. The number of carbonyl (C=O) groups is 2. The molecule has 1 N–H and O–H groups in total. The van der Waals surface area contributed by atoms with Crippen molar-refractivity contribution in [2.75, 3.05) is 6.61 Å². The molecule has 24 heavy (non-hydrogen) atoms. The number of hydrogen-bond donors (Lipinski definition) is 1. The van der Waals surface area contributed by atoms with Crippen LogP contribution in [-0.2, 0) is 15.3 Å². The second kappa shape index (κ2) is 7.81. The van der Waals surface area contributed by atoms with Gasteiger partial charge in [0.25, 0.3) is 5.91 Å². The monoisotopic (exact) mass is 362 g/mol. The number of thioether (sulfide) groups is 1. The van der Waals surface area contributed by atoms with Crippen LogP contribution in [0.15, 0.2) is 34.5 Å². The summed E-state index contributed by atoms with van der Waals surface area (Å²) in [5, 5.41) is 5.84. The number of carbonyl (C=O) groups excluding carboxylic acids is 2. The van der Waals surface area contributed by atoms with E-state index in [0.717, 1.165) is 28.4 Å². The number of esters is 1. The van der Waals surface area contributed by atoms with Crippen molar-refractivity contribution in [2.45, 2.75) is 36.5 Å². The fourth-order valence-corrected chi connectivity index (χ4v) is 3.74. The molecule has 0 radical (unpaired) electrons. The number of nitrogens with zero attached hydrogens (tertiary/aromatic N) is 1. The van der Waals surface area contributed by atoms with Gasteiger partial charge in [0.1, 0.15) is 0 Å². The molecular weight excluding hydrogens is 344 g/mol. The topological polar surface area (TPSA) is 68.3 Å². The van der Waals surface area contributed by atoms with E-state index in [-0.39, 0.29) is 18.6 Å². The lowest BCUT2D eigenvalue weighted by molar-refractivity contribution is -0.124. The molecule has 7 heteroatoms. The zero-order valence-corrected chi connectivity index (χ0v) is 14.9. The number of aromatic nitrogens is 1. The van der Waals surface area contributed by atoms with Gasteiger partial charge in [-0.15, -0.1) is 23.1 Å². The van der Waals surface area contributed by atoms with Crippen molar-refractivity contribution in [3.05, 3.63) is 45.9 Å². The summed E-state index contributed by atoms with van der Waals surface area (Å²) in [7, 11) is 0. The Labute approximate surface area is 148 Å². The van der Waals surface area contributed by atoms with Crippen LogP contribution in [-0.4, -0.2) is 29.5 Å². The molecule has 1 aliphatic carbocycles. The third-order valence-electron chi connectivity index (χ3n) is 3.43. The van der Waals surface area contributed by atoms with E-state index < -0.39 is 5.97 Å². The first kappa shape index (κ1) is 17.0. The summed E-state index contributed by atoms with van der Waals surface area (Å²) in [5.41, 5.74) is 1.48. The van der Waals surface area contributed by atoms with Crippen LogP contribution in [0.2, 0.25) is 0 Å². The van der Waals surface area contributed by atoms with Gasteiger partial charge in [-0.25, -0.2) is 9.78 Å². The van der Waals surface area contributed by atoms with Gasteiger partial charge in [0, 0.05) is 22.1 Å². The Morgan fingerprint density at radius 3 is 2.88 bits per heavy atom. The first-order chi connectivity index (χ1) is 11.6. The van der Waals surface area contributed by atoms with E-state index in [1.165, 1.54) is 11.8 Å². The number of ether oxygens (including phenoxy) is 1. The van der Waals surface area contributed by atoms with Crippen LogP contribution in [0.1, 0.15) is 33.9 Å². The first-order valence-electron chi connectivity index (χ1n) is 7.71. The Balaban J connectivity index is 1.57. The highest BCUT2D eigenvalue weighted by Crippen LogP contribution is 2.27. The zero-order chi connectivity index (χ0) is 16.9. The lowest BCUT2D eigenvalue weighted by Crippen LogP contribution is -2.30. The summed E-state index contributed by atoms with van der Waals surface area (Å²) in [6.07, 6.45) is 2.02. The minimum atomic E-state index is -0.474. The average molecular weight is 362 g/mol. The van der Waals surface area contributed by atoms with Crippen LogP contribution in [0.25, 0.3) is 0 Å². The van der Waals surface area contributed by atoms with Gasteiger partial charge < -0.3 is 10.1 Å². The van der Waals surface area contributed by atoms with Crippen molar-refractivity contribution in [2.24, 2.45) is 0 Å². The standard InChI is InChI=1S/C17H18N2O3S2/c1-11-18-13(9-23-11)10-24-15-5-3-2-4-14(15)17(21)22-8-16(20)19-12-6-7-12/h2-5,9,12H,6-8,10H2,1H3,(H,19,20). The maximum Gasteiger partial charge on any atom is 0.339 e. The summed E-state index contributed by atoms with van der Waals surface area (Å²) in [4.78, 5) is 29.1. The zero-order valence-electron chi connectivity index (χ0n) is 13.3. The van der Waals surface area contributed by atoms with Gasteiger partial charge in [0.15, 0.2) is 6.61 Å². The molecule has 0 aliphatic heterocycles. The summed E-state index contributed by atoms with van der Waals surface area (Å²) in [6, 6.07) is 7.53. The summed E-state index contributed by atoms with van der Waals surface area (Å²) >= 11 is 3.15. The van der Waals surface area contributed by atoms with Crippen molar-refractivity contribution in [3.63, 3.8) is 0 Å². The molecule has 1 saturated carbocycles. The number of amides is 1. The lowest BCUT2D eigenvalue weighted by atomic mass is 10.2. The predicted molar refractivity (Wildman–Crippen MR) is 94.3 cm³/mol. The molecule has 0 atom stereocenters. The van der Waals surface area contributed by atoms with Crippen LogP contribution in [0.3, 0.4) is 0 Å². The molecular formula is C17H18N2O3S2. The number of hydrogen-bond acceptors (Lipinski definition) is 6. The minimum Gasteiger partial charge on any atom is -0.452 e. The van der Waals surface area contributed by atoms with Crippen LogP contribution in [0.4, 0.5) is 0 Å². The maximum atomic E-state index is 12.3. The van der Waals surface area contributed by atoms with Crippen molar-refractivity contribution in [3.8, 4) is 0 Å². The maximum absolute atomic E-state index is 12.3.